The van der Waals surface area contributed by atoms with Crippen LogP contribution in [0.4, 0.5) is 0 Å². The van der Waals surface area contributed by atoms with E-state index in [1.807, 2.05) is 0 Å². The van der Waals surface area contributed by atoms with Gasteiger partial charge in [0.1, 0.15) is 0 Å². The topological polar surface area (TPSA) is 74.6 Å². The third kappa shape index (κ3) is 7.05. The zero-order valence-corrected chi connectivity index (χ0v) is 8.41. The van der Waals surface area contributed by atoms with Gasteiger partial charge in [0.15, 0.2) is 0 Å². The summed E-state index contributed by atoms with van der Waals surface area (Å²) in [6.45, 7) is 0. The fourth-order valence-electron chi connectivity index (χ4n) is 0.770. The van der Waals surface area contributed by atoms with E-state index in [2.05, 4.69) is 0 Å². The van der Waals surface area contributed by atoms with Crippen LogP contribution in [-0.2, 0) is 9.59 Å². The van der Waals surface area contributed by atoms with E-state index in [1.165, 1.54) is 0 Å². The number of aliphatic carboxylic acids is 2. The molecule has 1 atom stereocenters. The highest BCUT2D eigenvalue weighted by molar-refractivity contribution is 6.12. The van der Waals surface area contributed by atoms with E-state index >= 15 is 0 Å². The van der Waals surface area contributed by atoms with Crippen LogP contribution in [0.25, 0.3) is 0 Å². The maximum atomic E-state index is 10.1. The van der Waals surface area contributed by atoms with Gasteiger partial charge >= 0.3 is 11.9 Å². The molecule has 0 fully saturated rings. The molecule has 0 saturated heterocycles. The smallest absolute Gasteiger partial charge is 0.303 e. The molecule has 11 heavy (non-hydrogen) atoms. The van der Waals surface area contributed by atoms with Crippen LogP contribution in [0.2, 0.25) is 5.54 Å². The summed E-state index contributed by atoms with van der Waals surface area (Å²) in [5.41, 5.74) is 0.0867. The first-order valence-corrected chi connectivity index (χ1v) is 4.61. The highest BCUT2D eigenvalue weighted by atomic mass is 28.1. The van der Waals surface area contributed by atoms with E-state index in [9.17, 15) is 9.59 Å². The molecule has 0 rings (SSSR count). The minimum atomic E-state index is -0.851. The molecule has 0 saturated carbocycles. The Morgan fingerprint density at radius 1 is 1.27 bits per heavy atom. The molecule has 0 radical (unpaired) electrons. The van der Waals surface area contributed by atoms with Crippen molar-refractivity contribution < 1.29 is 19.8 Å². The highest BCUT2D eigenvalue weighted by Crippen LogP contribution is 2.12. The lowest BCUT2D eigenvalue weighted by Gasteiger charge is -2.04. The van der Waals surface area contributed by atoms with Gasteiger partial charge in [-0.2, -0.15) is 0 Å². The first-order valence-electron chi connectivity index (χ1n) is 3.46. The van der Waals surface area contributed by atoms with Crippen molar-refractivity contribution in [2.45, 2.75) is 24.8 Å². The predicted octanol–water partition coefficient (Wildman–Crippen LogP) is -0.520. The van der Waals surface area contributed by atoms with Crippen LogP contribution in [0.3, 0.4) is 0 Å². The predicted molar refractivity (Wildman–Crippen MR) is 42.8 cm³/mol. The quantitative estimate of drug-likeness (QED) is 0.553. The van der Waals surface area contributed by atoms with Gasteiger partial charge in [-0.25, -0.2) is 0 Å². The molecule has 1 unspecified atom stereocenters. The Bertz CT molecular complexity index is 157. The fraction of sp³-hybridized carbons (Fsp3) is 0.667. The first-order chi connectivity index (χ1) is 5.02. The largest absolute Gasteiger partial charge is 0.481 e. The molecule has 0 heterocycles. The average molecular weight is 176 g/mol. The molecule has 0 aliphatic rings. The Morgan fingerprint density at radius 2 is 1.82 bits per heavy atom. The lowest BCUT2D eigenvalue weighted by atomic mass is 10.2. The van der Waals surface area contributed by atoms with Crippen LogP contribution in [0, 0.1) is 0 Å². The number of carbonyl (C=O) groups is 2. The van der Waals surface area contributed by atoms with Crippen LogP contribution in [0.5, 0.6) is 0 Å². The number of carboxylic acid groups (broad SMARTS) is 2. The fourth-order valence-corrected chi connectivity index (χ4v) is 1.41. The monoisotopic (exact) mass is 176 g/mol. The molecule has 64 valence electrons. The van der Waals surface area contributed by atoms with Crippen molar-refractivity contribution in [2.24, 2.45) is 0 Å². The summed E-state index contributed by atoms with van der Waals surface area (Å²) < 4.78 is 0. The van der Waals surface area contributed by atoms with Crippen LogP contribution in [0.1, 0.15) is 19.3 Å². The Balaban J connectivity index is 3.44. The Kier molecular flexibility index (Phi) is 4.52. The SMILES string of the molecule is O=C(O)CCC([SiH3])CC(=O)O. The van der Waals surface area contributed by atoms with Crippen molar-refractivity contribution in [3.05, 3.63) is 0 Å². The first kappa shape index (κ1) is 10.2. The van der Waals surface area contributed by atoms with Gasteiger partial charge in [0, 0.05) is 23.1 Å². The Labute approximate surface area is 67.6 Å². The summed E-state index contributed by atoms with van der Waals surface area (Å²) in [4.78, 5) is 20.2. The maximum Gasteiger partial charge on any atom is 0.303 e. The number of hydrogen-bond acceptors (Lipinski definition) is 2. The molecule has 0 amide bonds. The van der Waals surface area contributed by atoms with Crippen molar-refractivity contribution in [3.8, 4) is 0 Å². The standard InChI is InChI=1S/C6H12O4Si/c7-5(8)2-1-4(11)3-6(9)10/h4H,1-3H2,11H3,(H,7,8)(H,9,10). The lowest BCUT2D eigenvalue weighted by molar-refractivity contribution is -0.139. The molecule has 0 aromatic carbocycles. The summed E-state index contributed by atoms with van der Waals surface area (Å²) in [5.74, 6) is -1.69. The molecular formula is C6H12O4Si. The molecule has 0 spiro atoms. The zero-order valence-electron chi connectivity index (χ0n) is 6.41. The van der Waals surface area contributed by atoms with E-state index in [4.69, 9.17) is 10.2 Å². The molecule has 0 aromatic rings. The molecule has 0 aliphatic carbocycles. The highest BCUT2D eigenvalue weighted by Gasteiger charge is 2.08. The van der Waals surface area contributed by atoms with Gasteiger partial charge in [0.2, 0.25) is 0 Å². The Morgan fingerprint density at radius 3 is 2.18 bits per heavy atom. The summed E-state index contributed by atoms with van der Waals surface area (Å²) >= 11 is 0. The molecule has 0 bridgehead atoms. The number of carboxylic acids is 2. The van der Waals surface area contributed by atoms with Crippen LogP contribution >= 0.6 is 0 Å². The van der Waals surface area contributed by atoms with E-state index < -0.39 is 11.9 Å². The van der Waals surface area contributed by atoms with Gasteiger partial charge in [0.05, 0.1) is 0 Å². The van der Waals surface area contributed by atoms with Gasteiger partial charge in [0.25, 0.3) is 0 Å². The van der Waals surface area contributed by atoms with Crippen molar-refractivity contribution >= 4 is 22.2 Å². The molecule has 4 nitrogen and oxygen atoms in total. The van der Waals surface area contributed by atoms with Crippen molar-refractivity contribution in [1.82, 2.24) is 0 Å². The van der Waals surface area contributed by atoms with Crippen molar-refractivity contribution in [3.63, 3.8) is 0 Å². The summed E-state index contributed by atoms with van der Waals surface area (Å²) in [5, 5.41) is 16.6. The van der Waals surface area contributed by atoms with Crippen molar-refractivity contribution in [2.75, 3.05) is 0 Å². The molecule has 0 aliphatic heterocycles. The van der Waals surface area contributed by atoms with Crippen molar-refractivity contribution in [1.29, 1.82) is 0 Å². The molecular weight excluding hydrogens is 164 g/mol. The average Bonchev–Trinajstić information content (AvgIpc) is 1.82. The third-order valence-corrected chi connectivity index (χ3v) is 2.36. The van der Waals surface area contributed by atoms with Gasteiger partial charge in [-0.15, -0.1) is 0 Å². The number of hydrogen-bond donors (Lipinski definition) is 2. The van der Waals surface area contributed by atoms with Gasteiger partial charge in [-0.3, -0.25) is 9.59 Å². The van der Waals surface area contributed by atoms with Crippen LogP contribution in [0.15, 0.2) is 0 Å². The van der Waals surface area contributed by atoms with E-state index in [0.29, 0.717) is 6.42 Å². The van der Waals surface area contributed by atoms with E-state index in [-0.39, 0.29) is 18.4 Å². The number of rotatable bonds is 5. The van der Waals surface area contributed by atoms with Gasteiger partial charge < -0.3 is 10.2 Å². The van der Waals surface area contributed by atoms with Gasteiger partial charge in [-0.05, 0) is 12.0 Å². The third-order valence-electron chi connectivity index (χ3n) is 1.37. The lowest BCUT2D eigenvalue weighted by Crippen LogP contribution is -2.05. The van der Waals surface area contributed by atoms with Crippen LogP contribution < -0.4 is 0 Å². The minimum absolute atomic E-state index is 0.0848. The normalized spacial score (nSPS) is 12.7. The molecule has 0 aromatic heterocycles. The summed E-state index contributed by atoms with van der Waals surface area (Å²) in [7, 11) is 0.748. The van der Waals surface area contributed by atoms with E-state index in [0.717, 1.165) is 10.2 Å². The maximum absolute atomic E-state index is 10.1. The second kappa shape index (κ2) is 4.89. The molecule has 2 N–H and O–H groups in total. The minimum Gasteiger partial charge on any atom is -0.481 e. The van der Waals surface area contributed by atoms with Gasteiger partial charge in [-0.1, -0.05) is 0 Å². The van der Waals surface area contributed by atoms with Crippen LogP contribution in [-0.4, -0.2) is 32.4 Å². The second-order valence-corrected chi connectivity index (χ2v) is 4.27. The Hall–Kier alpha value is -0.843. The molecule has 5 heteroatoms. The zero-order chi connectivity index (χ0) is 8.85. The van der Waals surface area contributed by atoms with E-state index in [1.54, 1.807) is 0 Å². The summed E-state index contributed by atoms with van der Waals surface area (Å²) in [6.07, 6.45) is 0.689. The second-order valence-electron chi connectivity index (χ2n) is 2.64. The summed E-state index contributed by atoms with van der Waals surface area (Å²) in [6, 6.07) is 0.